The molecular formula is C22H33N5OS. The molecule has 1 N–H and O–H groups in total. The van der Waals surface area contributed by atoms with Crippen LogP contribution >= 0.6 is 11.8 Å². The number of amides is 1. The Balaban J connectivity index is 1.70. The van der Waals surface area contributed by atoms with Crippen molar-refractivity contribution in [3.63, 3.8) is 0 Å². The smallest absolute Gasteiger partial charge is 0.230 e. The predicted molar refractivity (Wildman–Crippen MR) is 118 cm³/mol. The van der Waals surface area contributed by atoms with Gasteiger partial charge in [0.15, 0.2) is 5.16 Å². The molecule has 1 aliphatic rings. The van der Waals surface area contributed by atoms with Gasteiger partial charge in [-0.2, -0.15) is 0 Å². The minimum absolute atomic E-state index is 0.0445. The van der Waals surface area contributed by atoms with Crippen molar-refractivity contribution in [2.24, 2.45) is 5.92 Å². The van der Waals surface area contributed by atoms with Crippen molar-refractivity contribution in [3.05, 3.63) is 41.7 Å². The summed E-state index contributed by atoms with van der Waals surface area (Å²) in [5.74, 6) is 1.80. The van der Waals surface area contributed by atoms with Crippen molar-refractivity contribution in [2.45, 2.75) is 64.3 Å². The number of hydrogen-bond donors (Lipinski definition) is 1. The summed E-state index contributed by atoms with van der Waals surface area (Å²) in [6.45, 7) is 10.1. The second-order valence-electron chi connectivity index (χ2n) is 8.20. The largest absolute Gasteiger partial charge is 0.353 e. The quantitative estimate of drug-likeness (QED) is 0.635. The van der Waals surface area contributed by atoms with Gasteiger partial charge in [0.2, 0.25) is 5.91 Å². The Kier molecular flexibility index (Phi) is 8.12. The van der Waals surface area contributed by atoms with Crippen molar-refractivity contribution in [2.75, 3.05) is 18.8 Å². The van der Waals surface area contributed by atoms with Crippen LogP contribution in [0.15, 0.2) is 35.5 Å². The first-order valence-electron chi connectivity index (χ1n) is 10.6. The van der Waals surface area contributed by atoms with Gasteiger partial charge in [0.1, 0.15) is 5.82 Å². The van der Waals surface area contributed by atoms with Gasteiger partial charge in [-0.05, 0) is 44.3 Å². The predicted octanol–water partition coefficient (Wildman–Crippen LogP) is 3.57. The fourth-order valence-electron chi connectivity index (χ4n) is 3.38. The first kappa shape index (κ1) is 21.8. The van der Waals surface area contributed by atoms with Crippen LogP contribution < -0.4 is 5.32 Å². The van der Waals surface area contributed by atoms with Crippen LogP contribution in [-0.2, 0) is 17.9 Å². The number of aromatic nitrogens is 3. The van der Waals surface area contributed by atoms with Crippen LogP contribution in [0.1, 0.15) is 51.4 Å². The molecule has 1 amide bonds. The average molecular weight is 416 g/mol. The average Bonchev–Trinajstić information content (AvgIpc) is 3.09. The fraction of sp³-hybridized carbons (Fsp3) is 0.591. The van der Waals surface area contributed by atoms with Crippen molar-refractivity contribution in [1.29, 1.82) is 0 Å². The van der Waals surface area contributed by atoms with Crippen LogP contribution in [0, 0.1) is 5.92 Å². The molecule has 29 heavy (non-hydrogen) atoms. The number of carbonyl (C=O) groups excluding carboxylic acids is 1. The van der Waals surface area contributed by atoms with E-state index in [9.17, 15) is 4.79 Å². The number of benzene rings is 1. The molecule has 1 unspecified atom stereocenters. The van der Waals surface area contributed by atoms with E-state index in [1.54, 1.807) is 0 Å². The standard InChI is InChI=1S/C22H33N5OS/c1-17(2)18(3)23-21(28)16-29-22-25-24-20(15-26-12-8-5-9-13-26)27(22)14-19-10-6-4-7-11-19/h4,6-7,10-11,17-18H,5,8-9,12-16H2,1-3H3,(H,23,28). The molecule has 1 aliphatic heterocycles. The van der Waals surface area contributed by atoms with E-state index in [4.69, 9.17) is 0 Å². The van der Waals surface area contributed by atoms with E-state index < -0.39 is 0 Å². The van der Waals surface area contributed by atoms with Crippen LogP contribution in [-0.4, -0.2) is 50.5 Å². The summed E-state index contributed by atoms with van der Waals surface area (Å²) in [4.78, 5) is 14.8. The van der Waals surface area contributed by atoms with Gasteiger partial charge < -0.3 is 9.88 Å². The lowest BCUT2D eigenvalue weighted by molar-refractivity contribution is -0.119. The molecule has 2 aromatic rings. The highest BCUT2D eigenvalue weighted by Gasteiger charge is 2.19. The normalized spacial score (nSPS) is 16.1. The maximum absolute atomic E-state index is 12.3. The maximum Gasteiger partial charge on any atom is 0.230 e. The molecule has 1 aromatic carbocycles. The Labute approximate surface area is 178 Å². The van der Waals surface area contributed by atoms with E-state index in [1.807, 2.05) is 13.0 Å². The van der Waals surface area contributed by atoms with Gasteiger partial charge in [-0.1, -0.05) is 62.4 Å². The highest BCUT2D eigenvalue weighted by Crippen LogP contribution is 2.21. The lowest BCUT2D eigenvalue weighted by Gasteiger charge is -2.26. The molecule has 0 saturated carbocycles. The summed E-state index contributed by atoms with van der Waals surface area (Å²) in [7, 11) is 0. The van der Waals surface area contributed by atoms with E-state index in [2.05, 4.69) is 63.1 Å². The molecule has 2 heterocycles. The molecule has 0 bridgehead atoms. The molecule has 0 radical (unpaired) electrons. The van der Waals surface area contributed by atoms with Crippen molar-refractivity contribution in [3.8, 4) is 0 Å². The van der Waals surface area contributed by atoms with E-state index in [-0.39, 0.29) is 11.9 Å². The van der Waals surface area contributed by atoms with Gasteiger partial charge in [0.25, 0.3) is 0 Å². The lowest BCUT2D eigenvalue weighted by atomic mass is 10.1. The number of piperidine rings is 1. The number of nitrogens with one attached hydrogen (secondary N) is 1. The van der Waals surface area contributed by atoms with E-state index in [0.29, 0.717) is 11.7 Å². The van der Waals surface area contributed by atoms with E-state index >= 15 is 0 Å². The zero-order valence-corrected chi connectivity index (χ0v) is 18.6. The number of nitrogens with zero attached hydrogens (tertiary/aromatic N) is 4. The first-order valence-corrected chi connectivity index (χ1v) is 11.6. The molecule has 0 spiro atoms. The zero-order valence-electron chi connectivity index (χ0n) is 17.8. The zero-order chi connectivity index (χ0) is 20.6. The Morgan fingerprint density at radius 1 is 1.07 bits per heavy atom. The minimum atomic E-state index is 0.0445. The van der Waals surface area contributed by atoms with Crippen molar-refractivity contribution < 1.29 is 4.79 Å². The van der Waals surface area contributed by atoms with Crippen molar-refractivity contribution >= 4 is 17.7 Å². The molecule has 7 heteroatoms. The van der Waals surface area contributed by atoms with E-state index in [0.717, 1.165) is 37.2 Å². The lowest BCUT2D eigenvalue weighted by Crippen LogP contribution is -2.37. The summed E-state index contributed by atoms with van der Waals surface area (Å²) in [6.07, 6.45) is 3.82. The number of likely N-dealkylation sites (tertiary alicyclic amines) is 1. The summed E-state index contributed by atoms with van der Waals surface area (Å²) < 4.78 is 2.17. The Morgan fingerprint density at radius 3 is 2.48 bits per heavy atom. The van der Waals surface area contributed by atoms with Gasteiger partial charge in [0, 0.05) is 6.04 Å². The minimum Gasteiger partial charge on any atom is -0.353 e. The summed E-state index contributed by atoms with van der Waals surface area (Å²) in [5, 5.41) is 12.8. The molecule has 0 aliphatic carbocycles. The fourth-order valence-corrected chi connectivity index (χ4v) is 4.15. The topological polar surface area (TPSA) is 63.1 Å². The number of carbonyl (C=O) groups is 1. The third-order valence-corrected chi connectivity index (χ3v) is 6.48. The van der Waals surface area contributed by atoms with Gasteiger partial charge in [-0.25, -0.2) is 0 Å². The molecular weight excluding hydrogens is 382 g/mol. The van der Waals surface area contributed by atoms with Crippen LogP contribution in [0.4, 0.5) is 0 Å². The number of thioether (sulfide) groups is 1. The maximum atomic E-state index is 12.3. The number of rotatable bonds is 9. The Hall–Kier alpha value is -1.86. The van der Waals surface area contributed by atoms with Crippen LogP contribution in [0.5, 0.6) is 0 Å². The molecule has 1 fully saturated rings. The van der Waals surface area contributed by atoms with Crippen LogP contribution in [0.2, 0.25) is 0 Å². The Morgan fingerprint density at radius 2 is 1.79 bits per heavy atom. The van der Waals surface area contributed by atoms with Gasteiger partial charge >= 0.3 is 0 Å². The molecule has 3 rings (SSSR count). The van der Waals surface area contributed by atoms with Gasteiger partial charge in [0.05, 0.1) is 18.8 Å². The Bertz CT molecular complexity index is 771. The second kappa shape index (κ2) is 10.8. The van der Waals surface area contributed by atoms with Gasteiger partial charge in [-0.3, -0.25) is 9.69 Å². The SMILES string of the molecule is CC(C)C(C)NC(=O)CSc1nnc(CN2CCCCC2)n1Cc1ccccc1. The molecule has 6 nitrogen and oxygen atoms in total. The molecule has 1 atom stereocenters. The molecule has 1 saturated heterocycles. The third-order valence-electron chi connectivity index (χ3n) is 5.51. The first-order chi connectivity index (χ1) is 14.0. The van der Waals surface area contributed by atoms with Crippen LogP contribution in [0.25, 0.3) is 0 Å². The summed E-state index contributed by atoms with van der Waals surface area (Å²) in [6, 6.07) is 10.5. The third kappa shape index (κ3) is 6.57. The number of hydrogen-bond acceptors (Lipinski definition) is 5. The highest BCUT2D eigenvalue weighted by atomic mass is 32.2. The monoisotopic (exact) mass is 415 g/mol. The van der Waals surface area contributed by atoms with Crippen LogP contribution in [0.3, 0.4) is 0 Å². The van der Waals surface area contributed by atoms with E-state index in [1.165, 1.54) is 36.6 Å². The highest BCUT2D eigenvalue weighted by molar-refractivity contribution is 7.99. The summed E-state index contributed by atoms with van der Waals surface area (Å²) in [5.41, 5.74) is 1.21. The second-order valence-corrected chi connectivity index (χ2v) is 9.14. The molecule has 158 valence electrons. The van der Waals surface area contributed by atoms with Crippen molar-refractivity contribution in [1.82, 2.24) is 25.0 Å². The van der Waals surface area contributed by atoms with Gasteiger partial charge in [-0.15, -0.1) is 10.2 Å². The molecule has 1 aromatic heterocycles. The summed E-state index contributed by atoms with van der Waals surface area (Å²) >= 11 is 1.47.